The zero-order valence-electron chi connectivity index (χ0n) is 16.2. The lowest BCUT2D eigenvalue weighted by Crippen LogP contribution is -2.29. The Morgan fingerprint density at radius 2 is 1.72 bits per heavy atom. The summed E-state index contributed by atoms with van der Waals surface area (Å²) in [6.45, 7) is 0.695. The second-order valence-electron chi connectivity index (χ2n) is 7.29. The molecule has 148 valence electrons. The third-order valence-electron chi connectivity index (χ3n) is 5.27. The third kappa shape index (κ3) is 4.22. The van der Waals surface area contributed by atoms with Gasteiger partial charge >= 0.3 is 0 Å². The first-order valence-electron chi connectivity index (χ1n) is 9.54. The van der Waals surface area contributed by atoms with Crippen LogP contribution in [0.15, 0.2) is 71.9 Å². The Kier molecular flexibility index (Phi) is 5.20. The molecule has 5 nitrogen and oxygen atoms in total. The molecule has 2 aromatic carbocycles. The molecule has 29 heavy (non-hydrogen) atoms. The number of aromatic nitrogens is 1. The molecule has 0 fully saturated rings. The van der Waals surface area contributed by atoms with E-state index in [2.05, 4.69) is 11.1 Å². The van der Waals surface area contributed by atoms with Gasteiger partial charge in [0.15, 0.2) is 9.84 Å². The molecule has 2 heterocycles. The van der Waals surface area contributed by atoms with E-state index in [1.807, 2.05) is 29.2 Å². The van der Waals surface area contributed by atoms with Crippen LogP contribution in [0.25, 0.3) is 11.1 Å². The minimum atomic E-state index is -3.20. The number of pyridine rings is 1. The van der Waals surface area contributed by atoms with Crippen molar-refractivity contribution in [2.24, 2.45) is 0 Å². The number of amides is 1. The molecule has 1 amide bonds. The average Bonchev–Trinajstić information content (AvgIpc) is 3.15. The third-order valence-corrected chi connectivity index (χ3v) is 6.40. The highest BCUT2D eigenvalue weighted by Crippen LogP contribution is 2.32. The molecule has 1 aliphatic rings. The van der Waals surface area contributed by atoms with Gasteiger partial charge in [-0.15, -0.1) is 0 Å². The lowest BCUT2D eigenvalue weighted by atomic mass is 10.0. The first-order chi connectivity index (χ1) is 13.9. The summed E-state index contributed by atoms with van der Waals surface area (Å²) in [6, 6.07) is 16.9. The summed E-state index contributed by atoms with van der Waals surface area (Å²) >= 11 is 0. The van der Waals surface area contributed by atoms with E-state index >= 15 is 0 Å². The van der Waals surface area contributed by atoms with E-state index < -0.39 is 9.84 Å². The lowest BCUT2D eigenvalue weighted by Gasteiger charge is -2.18. The summed E-state index contributed by atoms with van der Waals surface area (Å²) in [6.07, 6.45) is 6.58. The molecule has 0 aliphatic carbocycles. The fourth-order valence-corrected chi connectivity index (χ4v) is 4.30. The Morgan fingerprint density at radius 3 is 2.41 bits per heavy atom. The first-order valence-corrected chi connectivity index (χ1v) is 11.4. The number of aryl methyl sites for hydroxylation is 1. The van der Waals surface area contributed by atoms with Crippen LogP contribution in [0.2, 0.25) is 0 Å². The van der Waals surface area contributed by atoms with E-state index in [9.17, 15) is 13.2 Å². The predicted octanol–water partition coefficient (Wildman–Crippen LogP) is 3.67. The van der Waals surface area contributed by atoms with E-state index in [1.54, 1.807) is 36.7 Å². The van der Waals surface area contributed by atoms with Crippen LogP contribution in [0.1, 0.15) is 17.5 Å². The fraction of sp³-hybridized carbons (Fsp3) is 0.217. The van der Waals surface area contributed by atoms with Crippen molar-refractivity contribution in [2.45, 2.75) is 24.2 Å². The van der Waals surface area contributed by atoms with E-state index in [0.29, 0.717) is 24.3 Å². The second-order valence-corrected chi connectivity index (χ2v) is 9.31. The van der Waals surface area contributed by atoms with Crippen molar-refractivity contribution in [1.29, 1.82) is 0 Å². The van der Waals surface area contributed by atoms with E-state index in [1.165, 1.54) is 11.8 Å². The quantitative estimate of drug-likeness (QED) is 0.648. The van der Waals surface area contributed by atoms with Crippen molar-refractivity contribution in [3.63, 3.8) is 0 Å². The van der Waals surface area contributed by atoms with Gasteiger partial charge in [-0.3, -0.25) is 9.78 Å². The number of rotatable bonds is 5. The highest BCUT2D eigenvalue weighted by atomic mass is 32.2. The topological polar surface area (TPSA) is 67.3 Å². The molecule has 1 aromatic heterocycles. The number of hydrogen-bond acceptors (Lipinski definition) is 4. The first kappa shape index (κ1) is 19.3. The number of anilines is 1. The Morgan fingerprint density at radius 1 is 1.00 bits per heavy atom. The van der Waals surface area contributed by atoms with Crippen LogP contribution in [0.3, 0.4) is 0 Å². The number of carbonyl (C=O) groups is 1. The van der Waals surface area contributed by atoms with Crippen molar-refractivity contribution in [2.75, 3.05) is 17.7 Å². The van der Waals surface area contributed by atoms with Crippen LogP contribution in [0.5, 0.6) is 0 Å². The van der Waals surface area contributed by atoms with Crippen LogP contribution in [-0.2, 0) is 27.5 Å². The number of sulfone groups is 1. The molecular weight excluding hydrogens is 384 g/mol. The van der Waals surface area contributed by atoms with Crippen LogP contribution in [0, 0.1) is 0 Å². The summed E-state index contributed by atoms with van der Waals surface area (Å²) in [5, 5.41) is 0. The Labute approximate surface area is 170 Å². The summed E-state index contributed by atoms with van der Waals surface area (Å²) in [5.41, 5.74) is 5.38. The zero-order chi connectivity index (χ0) is 20.4. The van der Waals surface area contributed by atoms with Gasteiger partial charge in [0.1, 0.15) is 0 Å². The van der Waals surface area contributed by atoms with Gasteiger partial charge in [0.2, 0.25) is 5.91 Å². The normalized spacial score (nSPS) is 13.3. The maximum Gasteiger partial charge on any atom is 0.227 e. The summed E-state index contributed by atoms with van der Waals surface area (Å²) in [5.74, 6) is 0.0904. The van der Waals surface area contributed by atoms with Gasteiger partial charge in [0.05, 0.1) is 4.90 Å². The highest BCUT2D eigenvalue weighted by Gasteiger charge is 2.24. The molecule has 0 saturated heterocycles. The SMILES string of the molecule is CS(=O)(=O)c1ccc(CCC(=O)N2CCc3cc(-c4ccncc4)ccc32)cc1. The van der Waals surface area contributed by atoms with Crippen molar-refractivity contribution < 1.29 is 13.2 Å². The molecule has 3 aromatic rings. The Hall–Kier alpha value is -2.99. The molecule has 0 atom stereocenters. The van der Waals surface area contributed by atoms with Gasteiger partial charge in [-0.2, -0.15) is 0 Å². The minimum Gasteiger partial charge on any atom is -0.312 e. The van der Waals surface area contributed by atoms with Crippen LogP contribution in [0.4, 0.5) is 5.69 Å². The average molecular weight is 407 g/mol. The number of hydrogen-bond donors (Lipinski definition) is 0. The van der Waals surface area contributed by atoms with Crippen LogP contribution in [-0.4, -0.2) is 32.1 Å². The molecule has 0 spiro atoms. The molecule has 6 heteroatoms. The van der Waals surface area contributed by atoms with E-state index in [0.717, 1.165) is 28.8 Å². The Bertz CT molecular complexity index is 1140. The smallest absolute Gasteiger partial charge is 0.227 e. The zero-order valence-corrected chi connectivity index (χ0v) is 17.0. The van der Waals surface area contributed by atoms with Crippen molar-refractivity contribution in [3.05, 3.63) is 78.1 Å². The molecule has 0 saturated carbocycles. The van der Waals surface area contributed by atoms with Crippen molar-refractivity contribution >= 4 is 21.4 Å². The van der Waals surface area contributed by atoms with Gasteiger partial charge in [-0.05, 0) is 71.5 Å². The molecule has 0 unspecified atom stereocenters. The van der Waals surface area contributed by atoms with Crippen LogP contribution < -0.4 is 4.90 Å². The molecule has 0 N–H and O–H groups in total. The van der Waals surface area contributed by atoms with Gasteiger partial charge < -0.3 is 4.90 Å². The van der Waals surface area contributed by atoms with Crippen LogP contribution >= 0.6 is 0 Å². The van der Waals surface area contributed by atoms with Gasteiger partial charge in [0, 0.05) is 37.3 Å². The van der Waals surface area contributed by atoms with E-state index in [-0.39, 0.29) is 5.91 Å². The molecule has 0 radical (unpaired) electrons. The molecule has 1 aliphatic heterocycles. The number of carbonyl (C=O) groups excluding carboxylic acids is 1. The van der Waals surface area contributed by atoms with Crippen molar-refractivity contribution in [1.82, 2.24) is 4.98 Å². The number of fused-ring (bicyclic) bond motifs is 1. The predicted molar refractivity (Wildman–Crippen MR) is 114 cm³/mol. The maximum absolute atomic E-state index is 12.8. The van der Waals surface area contributed by atoms with Gasteiger partial charge in [0.25, 0.3) is 0 Å². The number of nitrogens with zero attached hydrogens (tertiary/aromatic N) is 2. The summed E-state index contributed by atoms with van der Waals surface area (Å²) < 4.78 is 23.1. The van der Waals surface area contributed by atoms with Gasteiger partial charge in [-0.25, -0.2) is 8.42 Å². The fourth-order valence-electron chi connectivity index (χ4n) is 3.67. The van der Waals surface area contributed by atoms with Gasteiger partial charge in [-0.1, -0.05) is 18.2 Å². The molecule has 4 rings (SSSR count). The maximum atomic E-state index is 12.8. The van der Waals surface area contributed by atoms with E-state index in [4.69, 9.17) is 0 Å². The van der Waals surface area contributed by atoms with Crippen molar-refractivity contribution in [3.8, 4) is 11.1 Å². The molecule has 0 bridgehead atoms. The monoisotopic (exact) mass is 406 g/mol. The Balaban J connectivity index is 1.43. The minimum absolute atomic E-state index is 0.0904. The lowest BCUT2D eigenvalue weighted by molar-refractivity contribution is -0.118. The highest BCUT2D eigenvalue weighted by molar-refractivity contribution is 7.90. The molecular formula is C23H22N2O3S. The number of benzene rings is 2. The summed E-state index contributed by atoms with van der Waals surface area (Å²) in [4.78, 5) is 19.0. The standard InChI is InChI=1S/C23H22N2O3S/c1-29(27,28)21-6-2-17(3-7-21)4-9-23(26)25-15-12-20-16-19(5-8-22(20)25)18-10-13-24-14-11-18/h2-3,5-8,10-11,13-14,16H,4,9,12,15H2,1H3. The second kappa shape index (κ2) is 7.79. The summed E-state index contributed by atoms with van der Waals surface area (Å²) in [7, 11) is -3.20. The largest absolute Gasteiger partial charge is 0.312 e.